The Morgan fingerprint density at radius 2 is 1.65 bits per heavy atom. The quantitative estimate of drug-likeness (QED) is 0.494. The molecule has 1 N–H and O–H groups in total. The van der Waals surface area contributed by atoms with E-state index in [1.165, 1.54) is 4.90 Å². The number of hydrogen-bond donors (Lipinski definition) is 1. The number of nitrogens with one attached hydrogen (secondary N) is 1. The van der Waals surface area contributed by atoms with Crippen molar-refractivity contribution in [3.63, 3.8) is 0 Å². The summed E-state index contributed by atoms with van der Waals surface area (Å²) in [4.78, 5) is 27.8. The Morgan fingerprint density at radius 1 is 1.03 bits per heavy atom. The fourth-order valence-corrected chi connectivity index (χ4v) is 4.71. The van der Waals surface area contributed by atoms with Crippen LogP contribution in [0.5, 0.6) is 0 Å². The molecule has 2 aromatic rings. The Balaban J connectivity index is 2.44. The van der Waals surface area contributed by atoms with Gasteiger partial charge in [-0.1, -0.05) is 62.7 Å². The second-order valence-corrected chi connectivity index (χ2v) is 10.8. The van der Waals surface area contributed by atoms with Crippen molar-refractivity contribution in [2.24, 2.45) is 0 Å². The molecular formula is C25H34ClN3O4S. The number of likely N-dealkylation sites (N-methyl/N-ethyl adjacent to an activating group) is 1. The Hall–Kier alpha value is -2.58. The van der Waals surface area contributed by atoms with E-state index in [2.05, 4.69) is 5.32 Å². The zero-order valence-corrected chi connectivity index (χ0v) is 22.0. The van der Waals surface area contributed by atoms with Crippen molar-refractivity contribution in [1.82, 2.24) is 10.2 Å². The largest absolute Gasteiger partial charge is 0.355 e. The Bertz CT molecular complexity index is 1090. The number of carbonyl (C=O) groups is 2. The normalized spacial score (nSPS) is 12.3. The van der Waals surface area contributed by atoms with Crippen molar-refractivity contribution in [1.29, 1.82) is 0 Å². The van der Waals surface area contributed by atoms with Crippen LogP contribution >= 0.6 is 11.6 Å². The molecule has 0 heterocycles. The van der Waals surface area contributed by atoms with Gasteiger partial charge in [0.2, 0.25) is 21.8 Å². The summed E-state index contributed by atoms with van der Waals surface area (Å²) in [7, 11) is -3.76. The highest BCUT2D eigenvalue weighted by molar-refractivity contribution is 7.92. The van der Waals surface area contributed by atoms with Crippen LogP contribution < -0.4 is 9.62 Å². The third-order valence-electron chi connectivity index (χ3n) is 5.56. The zero-order chi connectivity index (χ0) is 25.5. The number of carbonyl (C=O) groups excluding carboxylic acids is 2. The molecule has 2 aromatic carbocycles. The molecule has 0 aliphatic rings. The Morgan fingerprint density at radius 3 is 2.15 bits per heavy atom. The molecular weight excluding hydrogens is 474 g/mol. The highest BCUT2D eigenvalue weighted by Crippen LogP contribution is 2.24. The standard InChI is InChI=1S/C25H34ClN3O4S/c1-6-23(25(31)27-7-2)28(16-20-10-8-9-11-22(20)26)24(30)17-29(34(5,32)33)21-14-12-19(13-15-21)18(3)4/h8-15,18,23H,6-7,16-17H2,1-5H3,(H,27,31)/t23-/m1/s1. The lowest BCUT2D eigenvalue weighted by Gasteiger charge is -2.33. The second-order valence-electron chi connectivity index (χ2n) is 8.45. The smallest absolute Gasteiger partial charge is 0.244 e. The Labute approximate surface area is 208 Å². The van der Waals surface area contributed by atoms with E-state index in [0.717, 1.165) is 16.1 Å². The molecule has 0 radical (unpaired) electrons. The van der Waals surface area contributed by atoms with Crippen molar-refractivity contribution in [3.8, 4) is 0 Å². The summed E-state index contributed by atoms with van der Waals surface area (Å²) in [6, 6.07) is 13.4. The van der Waals surface area contributed by atoms with E-state index in [4.69, 9.17) is 11.6 Å². The maximum Gasteiger partial charge on any atom is 0.244 e. The van der Waals surface area contributed by atoms with E-state index < -0.39 is 28.5 Å². The van der Waals surface area contributed by atoms with Gasteiger partial charge in [-0.2, -0.15) is 0 Å². The van der Waals surface area contributed by atoms with Crippen LogP contribution in [0.1, 0.15) is 51.2 Å². The minimum absolute atomic E-state index is 0.0814. The van der Waals surface area contributed by atoms with E-state index in [0.29, 0.717) is 29.2 Å². The first kappa shape index (κ1) is 27.7. The lowest BCUT2D eigenvalue weighted by Crippen LogP contribution is -2.52. The molecule has 0 bridgehead atoms. The fraction of sp³-hybridized carbons (Fsp3) is 0.440. The van der Waals surface area contributed by atoms with Gasteiger partial charge >= 0.3 is 0 Å². The van der Waals surface area contributed by atoms with Crippen molar-refractivity contribution < 1.29 is 18.0 Å². The number of nitrogens with zero attached hydrogens (tertiary/aromatic N) is 2. The molecule has 0 saturated heterocycles. The summed E-state index contributed by atoms with van der Waals surface area (Å²) in [5, 5.41) is 3.23. The van der Waals surface area contributed by atoms with Crippen LogP contribution in [0.25, 0.3) is 0 Å². The van der Waals surface area contributed by atoms with Crippen LogP contribution in [0, 0.1) is 0 Å². The SMILES string of the molecule is CCNC(=O)[C@@H](CC)N(Cc1ccccc1Cl)C(=O)CN(c1ccc(C(C)C)cc1)S(C)(=O)=O. The molecule has 2 rings (SSSR count). The third kappa shape index (κ3) is 7.21. The number of halogens is 1. The topological polar surface area (TPSA) is 86.8 Å². The van der Waals surface area contributed by atoms with Crippen LogP contribution in [0.3, 0.4) is 0 Å². The van der Waals surface area contributed by atoms with Crippen molar-refractivity contribution in [2.75, 3.05) is 23.7 Å². The van der Waals surface area contributed by atoms with Gasteiger partial charge in [0.25, 0.3) is 0 Å². The van der Waals surface area contributed by atoms with Crippen LogP contribution in [-0.2, 0) is 26.2 Å². The van der Waals surface area contributed by atoms with E-state index in [1.54, 1.807) is 43.3 Å². The summed E-state index contributed by atoms with van der Waals surface area (Å²) in [5.41, 5.74) is 2.13. The van der Waals surface area contributed by atoms with Crippen LogP contribution in [-0.4, -0.2) is 50.5 Å². The van der Waals surface area contributed by atoms with Crippen LogP contribution in [0.15, 0.2) is 48.5 Å². The van der Waals surface area contributed by atoms with E-state index >= 15 is 0 Å². The van der Waals surface area contributed by atoms with Gasteiger partial charge in [-0.05, 0) is 48.6 Å². The lowest BCUT2D eigenvalue weighted by atomic mass is 10.0. The summed E-state index contributed by atoms with van der Waals surface area (Å²) >= 11 is 6.33. The maximum absolute atomic E-state index is 13.6. The number of hydrogen-bond acceptors (Lipinski definition) is 4. The monoisotopic (exact) mass is 507 g/mol. The van der Waals surface area contributed by atoms with E-state index in [9.17, 15) is 18.0 Å². The number of sulfonamides is 1. The summed E-state index contributed by atoms with van der Waals surface area (Å²) < 4.78 is 26.4. The molecule has 1 atom stereocenters. The first-order valence-electron chi connectivity index (χ1n) is 11.4. The molecule has 34 heavy (non-hydrogen) atoms. The second kappa shape index (κ2) is 12.2. The molecule has 0 aromatic heterocycles. The molecule has 0 unspecified atom stereocenters. The van der Waals surface area contributed by atoms with Crippen molar-refractivity contribution in [3.05, 3.63) is 64.7 Å². The van der Waals surface area contributed by atoms with Gasteiger partial charge in [0.15, 0.2) is 0 Å². The van der Waals surface area contributed by atoms with Gasteiger partial charge in [0.1, 0.15) is 12.6 Å². The lowest BCUT2D eigenvalue weighted by molar-refractivity contribution is -0.140. The van der Waals surface area contributed by atoms with Gasteiger partial charge in [-0.15, -0.1) is 0 Å². The van der Waals surface area contributed by atoms with Gasteiger partial charge in [-0.25, -0.2) is 8.42 Å². The van der Waals surface area contributed by atoms with Gasteiger partial charge in [-0.3, -0.25) is 13.9 Å². The van der Waals surface area contributed by atoms with Crippen molar-refractivity contribution in [2.45, 2.75) is 52.6 Å². The van der Waals surface area contributed by atoms with Crippen LogP contribution in [0.2, 0.25) is 5.02 Å². The number of rotatable bonds is 11. The van der Waals surface area contributed by atoms with Crippen molar-refractivity contribution >= 4 is 39.1 Å². The molecule has 0 aliphatic heterocycles. The molecule has 0 fully saturated rings. The number of amides is 2. The van der Waals surface area contributed by atoms with Crippen LogP contribution in [0.4, 0.5) is 5.69 Å². The highest BCUT2D eigenvalue weighted by atomic mass is 35.5. The zero-order valence-electron chi connectivity index (χ0n) is 20.4. The highest BCUT2D eigenvalue weighted by Gasteiger charge is 2.31. The first-order chi connectivity index (χ1) is 16.0. The molecule has 186 valence electrons. The number of benzene rings is 2. The molecule has 7 nitrogen and oxygen atoms in total. The van der Waals surface area contributed by atoms with E-state index in [1.807, 2.05) is 32.9 Å². The summed E-state index contributed by atoms with van der Waals surface area (Å²) in [6.07, 6.45) is 1.43. The minimum atomic E-state index is -3.76. The summed E-state index contributed by atoms with van der Waals surface area (Å²) in [6.45, 7) is 7.78. The predicted octanol–water partition coefficient (Wildman–Crippen LogP) is 4.17. The molecule has 0 aliphatic carbocycles. The van der Waals surface area contributed by atoms with Gasteiger partial charge in [0, 0.05) is 18.1 Å². The fourth-order valence-electron chi connectivity index (χ4n) is 3.66. The molecule has 0 spiro atoms. The first-order valence-corrected chi connectivity index (χ1v) is 13.6. The Kier molecular flexibility index (Phi) is 9.94. The maximum atomic E-state index is 13.6. The van der Waals surface area contributed by atoms with Gasteiger partial charge < -0.3 is 10.2 Å². The van der Waals surface area contributed by atoms with E-state index in [-0.39, 0.29) is 18.4 Å². The molecule has 2 amide bonds. The minimum Gasteiger partial charge on any atom is -0.355 e. The average Bonchev–Trinajstić information content (AvgIpc) is 2.78. The third-order valence-corrected chi connectivity index (χ3v) is 7.07. The number of anilines is 1. The summed E-state index contributed by atoms with van der Waals surface area (Å²) in [5.74, 6) is -0.496. The molecule has 0 saturated carbocycles. The predicted molar refractivity (Wildman–Crippen MR) is 137 cm³/mol. The average molecular weight is 508 g/mol. The van der Waals surface area contributed by atoms with Gasteiger partial charge in [0.05, 0.1) is 11.9 Å². The molecule has 9 heteroatoms.